The monoisotopic (exact) mass is 432 g/mol. The topological polar surface area (TPSA) is 133 Å². The number of methoxy groups -OCH3 is 4. The maximum absolute atomic E-state index is 12.7. The van der Waals surface area contributed by atoms with E-state index < -0.39 is 17.8 Å². The molecule has 3 aromatic rings. The highest BCUT2D eigenvalue weighted by molar-refractivity contribution is 6.12. The molecule has 0 aliphatic carbocycles. The van der Waals surface area contributed by atoms with Gasteiger partial charge in [0.15, 0.2) is 22.8 Å². The largest absolute Gasteiger partial charge is 0.519 e. The van der Waals surface area contributed by atoms with E-state index in [1.54, 1.807) is 0 Å². The minimum absolute atomic E-state index is 0.00157. The summed E-state index contributed by atoms with van der Waals surface area (Å²) in [6.07, 6.45) is 0. The van der Waals surface area contributed by atoms with Gasteiger partial charge in [-0.2, -0.15) is 0 Å². The summed E-state index contributed by atoms with van der Waals surface area (Å²) < 4.78 is 41.7. The van der Waals surface area contributed by atoms with Crippen molar-refractivity contribution >= 4 is 23.1 Å². The zero-order valence-electron chi connectivity index (χ0n) is 16.9. The van der Waals surface area contributed by atoms with Crippen LogP contribution in [0.15, 0.2) is 25.8 Å². The van der Waals surface area contributed by atoms with Crippen LogP contribution in [0, 0.1) is 0 Å². The Balaban J connectivity index is 2.22. The average molecular weight is 432 g/mol. The van der Waals surface area contributed by atoms with Crippen LogP contribution in [0.4, 0.5) is 0 Å². The summed E-state index contributed by atoms with van der Waals surface area (Å²) in [6, 6.07) is 2.67. The zero-order chi connectivity index (χ0) is 22.3. The number of hydrogen-bond acceptors (Lipinski definition) is 11. The van der Waals surface area contributed by atoms with Crippen molar-refractivity contribution in [1.82, 2.24) is 0 Å². The zero-order valence-corrected chi connectivity index (χ0v) is 16.9. The molecule has 0 amide bonds. The molecule has 1 aromatic heterocycles. The number of fused-ring (bicyclic) bond motifs is 2. The number of esters is 2. The maximum Gasteiger partial charge on any atom is 0.519 e. The molecule has 0 saturated carbocycles. The van der Waals surface area contributed by atoms with Gasteiger partial charge >= 0.3 is 17.8 Å². The molecule has 11 nitrogen and oxygen atoms in total. The van der Waals surface area contributed by atoms with Crippen LogP contribution in [-0.4, -0.2) is 47.2 Å². The fourth-order valence-electron chi connectivity index (χ4n) is 3.38. The van der Waals surface area contributed by atoms with Crippen LogP contribution < -0.4 is 24.8 Å². The molecule has 2 aromatic carbocycles. The van der Waals surface area contributed by atoms with Crippen molar-refractivity contribution in [2.24, 2.45) is 0 Å². The average Bonchev–Trinajstić information content (AvgIpc) is 3.42. The molecule has 0 fully saturated rings. The van der Waals surface area contributed by atoms with Crippen LogP contribution >= 0.6 is 0 Å². The first-order chi connectivity index (χ1) is 14.9. The molecule has 4 rings (SSSR count). The molecule has 162 valence electrons. The second-order valence-electron chi connectivity index (χ2n) is 6.16. The summed E-state index contributed by atoms with van der Waals surface area (Å²) in [4.78, 5) is 37.2. The maximum atomic E-state index is 12.7. The smallest absolute Gasteiger partial charge is 0.493 e. The first-order valence-electron chi connectivity index (χ1n) is 8.77. The Morgan fingerprint density at radius 3 is 1.94 bits per heavy atom. The lowest BCUT2D eigenvalue weighted by Gasteiger charge is -2.16. The Morgan fingerprint density at radius 2 is 1.32 bits per heavy atom. The van der Waals surface area contributed by atoms with Crippen LogP contribution in [-0.2, 0) is 9.47 Å². The lowest BCUT2D eigenvalue weighted by Crippen LogP contribution is -2.09. The van der Waals surface area contributed by atoms with Crippen LogP contribution in [0.3, 0.4) is 0 Å². The Morgan fingerprint density at radius 1 is 0.774 bits per heavy atom. The van der Waals surface area contributed by atoms with E-state index in [1.807, 2.05) is 0 Å². The van der Waals surface area contributed by atoms with E-state index in [4.69, 9.17) is 37.3 Å². The predicted molar refractivity (Wildman–Crippen MR) is 102 cm³/mol. The Kier molecular flexibility index (Phi) is 4.93. The number of carbonyl (C=O) groups excluding carboxylic acids is 2. The minimum atomic E-state index is -1.04. The summed E-state index contributed by atoms with van der Waals surface area (Å²) in [7, 11) is 5.07. The van der Waals surface area contributed by atoms with E-state index in [0.717, 1.165) is 0 Å². The second kappa shape index (κ2) is 7.59. The quantitative estimate of drug-likeness (QED) is 0.550. The fourth-order valence-corrected chi connectivity index (χ4v) is 3.38. The van der Waals surface area contributed by atoms with Gasteiger partial charge in [-0.1, -0.05) is 0 Å². The highest BCUT2D eigenvalue weighted by Gasteiger charge is 2.35. The number of hydrogen-bond donors (Lipinski definition) is 0. The first-order valence-corrected chi connectivity index (χ1v) is 8.77. The SMILES string of the molecule is COC(=O)c1cc(OC)c2c(c1-c1c(C(=O)OC)cc(OC)c3oc(=O)oc13)OCO2. The normalized spacial score (nSPS) is 12.0. The summed E-state index contributed by atoms with van der Waals surface area (Å²) in [5.74, 6) is -2.08. The van der Waals surface area contributed by atoms with Gasteiger partial charge in [-0.15, -0.1) is 0 Å². The van der Waals surface area contributed by atoms with Gasteiger partial charge in [0.2, 0.25) is 18.1 Å². The first kappa shape index (κ1) is 20.1. The number of ether oxygens (including phenoxy) is 6. The van der Waals surface area contributed by atoms with Gasteiger partial charge < -0.3 is 37.3 Å². The van der Waals surface area contributed by atoms with E-state index in [0.29, 0.717) is 0 Å². The van der Waals surface area contributed by atoms with Gasteiger partial charge in [0.25, 0.3) is 0 Å². The molecule has 0 atom stereocenters. The van der Waals surface area contributed by atoms with Crippen molar-refractivity contribution in [3.05, 3.63) is 33.9 Å². The second-order valence-corrected chi connectivity index (χ2v) is 6.16. The molecule has 31 heavy (non-hydrogen) atoms. The van der Waals surface area contributed by atoms with Crippen LogP contribution in [0.5, 0.6) is 23.0 Å². The standard InChI is InChI=1S/C20H16O11/c1-24-10-5-8(18(21)26-3)12(16-14(10)28-7-29-16)13-9(19(22)27-4)6-11(25-2)15-17(13)31-20(23)30-15/h5-6H,7H2,1-4H3. The molecule has 0 unspecified atom stereocenters. The number of rotatable bonds is 5. The molecule has 2 heterocycles. The van der Waals surface area contributed by atoms with Gasteiger partial charge in [-0.3, -0.25) is 0 Å². The van der Waals surface area contributed by atoms with E-state index in [-0.39, 0.29) is 63.2 Å². The minimum Gasteiger partial charge on any atom is -0.493 e. The van der Waals surface area contributed by atoms with Crippen molar-refractivity contribution in [2.75, 3.05) is 35.2 Å². The Bertz CT molecular complexity index is 1260. The molecule has 0 spiro atoms. The lowest BCUT2D eigenvalue weighted by molar-refractivity contribution is 0.0589. The van der Waals surface area contributed by atoms with Crippen LogP contribution in [0.1, 0.15) is 20.7 Å². The highest BCUT2D eigenvalue weighted by atomic mass is 16.7. The van der Waals surface area contributed by atoms with Crippen LogP contribution in [0.2, 0.25) is 0 Å². The molecule has 1 aliphatic rings. The predicted octanol–water partition coefficient (Wildman–Crippen LogP) is 2.37. The van der Waals surface area contributed by atoms with Gasteiger partial charge in [-0.25, -0.2) is 14.4 Å². The summed E-state index contributed by atoms with van der Waals surface area (Å²) in [5, 5.41) is 0. The number of carbonyl (C=O) groups is 2. The molecule has 11 heteroatoms. The molecule has 0 N–H and O–H groups in total. The summed E-state index contributed by atoms with van der Waals surface area (Å²) in [5.41, 5.74) is -0.281. The molecular weight excluding hydrogens is 416 g/mol. The molecule has 0 radical (unpaired) electrons. The van der Waals surface area contributed by atoms with Crippen molar-refractivity contribution in [3.8, 4) is 34.1 Å². The third-order valence-corrected chi connectivity index (χ3v) is 4.68. The van der Waals surface area contributed by atoms with Crippen molar-refractivity contribution < 1.29 is 46.8 Å². The fraction of sp³-hybridized carbons (Fsp3) is 0.250. The van der Waals surface area contributed by atoms with E-state index in [2.05, 4.69) is 0 Å². The summed E-state index contributed by atoms with van der Waals surface area (Å²) >= 11 is 0. The molecule has 0 saturated heterocycles. The summed E-state index contributed by atoms with van der Waals surface area (Å²) in [6.45, 7) is -0.175. The van der Waals surface area contributed by atoms with Crippen molar-refractivity contribution in [1.29, 1.82) is 0 Å². The van der Waals surface area contributed by atoms with Gasteiger partial charge in [-0.05, 0) is 12.1 Å². The van der Waals surface area contributed by atoms with Crippen molar-refractivity contribution in [2.45, 2.75) is 0 Å². The lowest BCUT2D eigenvalue weighted by atomic mass is 9.92. The van der Waals surface area contributed by atoms with Crippen LogP contribution in [0.25, 0.3) is 22.3 Å². The third kappa shape index (κ3) is 3.01. The van der Waals surface area contributed by atoms with Gasteiger partial charge in [0, 0.05) is 11.1 Å². The molecular formula is C20H16O11. The van der Waals surface area contributed by atoms with E-state index in [1.165, 1.54) is 40.6 Å². The Hall–Kier alpha value is -4.15. The van der Waals surface area contributed by atoms with E-state index >= 15 is 0 Å². The van der Waals surface area contributed by atoms with Crippen molar-refractivity contribution in [3.63, 3.8) is 0 Å². The van der Waals surface area contributed by atoms with Gasteiger partial charge in [0.05, 0.1) is 39.6 Å². The molecule has 1 aliphatic heterocycles. The van der Waals surface area contributed by atoms with Gasteiger partial charge in [0.1, 0.15) is 0 Å². The third-order valence-electron chi connectivity index (χ3n) is 4.68. The molecule has 0 bridgehead atoms. The number of benzene rings is 2. The van der Waals surface area contributed by atoms with E-state index in [9.17, 15) is 14.4 Å². The highest BCUT2D eigenvalue weighted by Crippen LogP contribution is 2.52. The Labute approximate surface area is 173 Å².